The second-order valence-corrected chi connectivity index (χ2v) is 13.0. The summed E-state index contributed by atoms with van der Waals surface area (Å²) in [5, 5.41) is 34.0. The Balaban J connectivity index is 1.73. The molecule has 0 aromatic rings. The molecule has 2 saturated carbocycles. The lowest BCUT2D eigenvalue weighted by molar-refractivity contribution is -0.174. The van der Waals surface area contributed by atoms with E-state index in [1.165, 1.54) is 0 Å². The number of aliphatic hydroxyl groups excluding tert-OH is 3. The van der Waals surface area contributed by atoms with E-state index in [2.05, 4.69) is 0 Å². The van der Waals surface area contributed by atoms with Gasteiger partial charge in [-0.2, -0.15) is 0 Å². The summed E-state index contributed by atoms with van der Waals surface area (Å²) in [5.74, 6) is -1.61. The Morgan fingerprint density at radius 1 is 0.912 bits per heavy atom. The summed E-state index contributed by atoms with van der Waals surface area (Å²) in [6, 6.07) is 0. The fourth-order valence-corrected chi connectivity index (χ4v) is 9.08. The number of fused-ring (bicyclic) bond motifs is 4. The molecule has 0 aromatic carbocycles. The van der Waals surface area contributed by atoms with Crippen LogP contribution >= 0.6 is 0 Å². The number of hydrogen-bond donors (Lipinski definition) is 3. The normalized spacial score (nSPS) is 52.3. The van der Waals surface area contributed by atoms with E-state index < -0.39 is 57.3 Å². The summed E-state index contributed by atoms with van der Waals surface area (Å²) in [6.45, 7) is 11.3. The van der Waals surface area contributed by atoms with Crippen molar-refractivity contribution in [3.8, 4) is 0 Å². The highest BCUT2D eigenvalue weighted by Crippen LogP contribution is 2.71. The Morgan fingerprint density at radius 3 is 2.15 bits per heavy atom. The number of rotatable bonds is 1. The fraction of sp³-hybridized carbons (Fsp3) is 0.815. The van der Waals surface area contributed by atoms with Crippen molar-refractivity contribution in [3.05, 3.63) is 11.1 Å². The molecular weight excluding hydrogens is 436 g/mol. The SMILES string of the molecule is CC1(C)C2C[C@H](O)C3=C(C(=O)[C@@H](O)[C@]4(C)[C@@H]([C@@]5(C)CCC(=O)O5)CC(=O)[C@@]34C)[C@@]2(C)CC[C@@H]1O. The van der Waals surface area contributed by atoms with Gasteiger partial charge in [0.1, 0.15) is 17.5 Å². The zero-order valence-electron chi connectivity index (χ0n) is 21.1. The first kappa shape index (κ1) is 24.1. The number of carbonyl (C=O) groups is 3. The van der Waals surface area contributed by atoms with Crippen molar-refractivity contribution in [1.82, 2.24) is 0 Å². The van der Waals surface area contributed by atoms with Crippen LogP contribution in [0.25, 0.3) is 0 Å². The van der Waals surface area contributed by atoms with Gasteiger partial charge in [0.15, 0.2) is 5.78 Å². The van der Waals surface area contributed by atoms with Gasteiger partial charge in [0.25, 0.3) is 0 Å². The molecule has 0 amide bonds. The summed E-state index contributed by atoms with van der Waals surface area (Å²) in [4.78, 5) is 40.0. The third kappa shape index (κ3) is 2.51. The van der Waals surface area contributed by atoms with Crippen molar-refractivity contribution in [2.75, 3.05) is 0 Å². The lowest BCUT2D eigenvalue weighted by Gasteiger charge is -2.62. The number of esters is 1. The highest BCUT2D eigenvalue weighted by atomic mass is 16.6. The van der Waals surface area contributed by atoms with Crippen LogP contribution in [-0.2, 0) is 19.1 Å². The minimum atomic E-state index is -1.46. The van der Waals surface area contributed by atoms with Gasteiger partial charge in [-0.1, -0.05) is 27.7 Å². The van der Waals surface area contributed by atoms with Crippen molar-refractivity contribution >= 4 is 17.5 Å². The summed E-state index contributed by atoms with van der Waals surface area (Å²) >= 11 is 0. The molecule has 3 N–H and O–H groups in total. The number of hydrogen-bond acceptors (Lipinski definition) is 7. The summed E-state index contributed by atoms with van der Waals surface area (Å²) in [6.07, 6.45) is -0.891. The predicted molar refractivity (Wildman–Crippen MR) is 122 cm³/mol. The molecule has 1 unspecified atom stereocenters. The Bertz CT molecular complexity index is 1030. The number of cyclic esters (lactones) is 1. The topological polar surface area (TPSA) is 121 Å². The van der Waals surface area contributed by atoms with Crippen molar-refractivity contribution in [2.24, 2.45) is 33.5 Å². The smallest absolute Gasteiger partial charge is 0.306 e. The molecule has 5 aliphatic rings. The van der Waals surface area contributed by atoms with Gasteiger partial charge in [-0.15, -0.1) is 0 Å². The van der Waals surface area contributed by atoms with Crippen LogP contribution in [0.2, 0.25) is 0 Å². The van der Waals surface area contributed by atoms with E-state index in [1.54, 1.807) is 20.8 Å². The molecule has 34 heavy (non-hydrogen) atoms. The maximum atomic E-state index is 14.1. The maximum Gasteiger partial charge on any atom is 0.306 e. The molecule has 1 aliphatic heterocycles. The van der Waals surface area contributed by atoms with Crippen LogP contribution in [0.15, 0.2) is 11.1 Å². The number of Topliss-reactive ketones (excluding diaryl/α,β-unsaturated/α-hetero) is 2. The summed E-state index contributed by atoms with van der Waals surface area (Å²) in [7, 11) is 0. The van der Waals surface area contributed by atoms with Crippen LogP contribution in [0, 0.1) is 33.5 Å². The first-order chi connectivity index (χ1) is 15.6. The average molecular weight is 475 g/mol. The van der Waals surface area contributed by atoms with Gasteiger partial charge in [0, 0.05) is 29.7 Å². The van der Waals surface area contributed by atoms with Crippen molar-refractivity contribution in [2.45, 2.75) is 104 Å². The maximum absolute atomic E-state index is 14.1. The standard InChI is InChI=1S/C27H38O7/c1-23(2)14-11-13(28)19-20(24(14,3)9-7-16(23)29)21(32)22(33)26(5)15(12-17(30)27(19,26)6)25(4)10-8-18(31)34-25/h13-16,22,28-29,33H,7-12H2,1-6H3/t13-,14?,15+,16-,22+,24-,25+,26-,27-/m0/s1. The first-order valence-electron chi connectivity index (χ1n) is 12.7. The van der Waals surface area contributed by atoms with E-state index in [0.717, 1.165) is 0 Å². The van der Waals surface area contributed by atoms with Crippen LogP contribution < -0.4 is 0 Å². The molecule has 1 saturated heterocycles. The van der Waals surface area contributed by atoms with Gasteiger partial charge in [-0.25, -0.2) is 0 Å². The molecule has 1 heterocycles. The largest absolute Gasteiger partial charge is 0.459 e. The van der Waals surface area contributed by atoms with E-state index in [0.29, 0.717) is 36.8 Å². The Morgan fingerprint density at radius 2 is 1.56 bits per heavy atom. The lowest BCUT2D eigenvalue weighted by Crippen LogP contribution is -2.65. The second-order valence-electron chi connectivity index (χ2n) is 13.0. The lowest BCUT2D eigenvalue weighted by atomic mass is 9.41. The zero-order valence-corrected chi connectivity index (χ0v) is 21.1. The second kappa shape index (κ2) is 6.80. The highest BCUT2D eigenvalue weighted by molar-refractivity contribution is 6.07. The molecule has 188 valence electrons. The molecule has 0 radical (unpaired) electrons. The Hall–Kier alpha value is -1.57. The van der Waals surface area contributed by atoms with Gasteiger partial charge in [0.2, 0.25) is 0 Å². The molecule has 0 bridgehead atoms. The molecule has 4 aliphatic carbocycles. The van der Waals surface area contributed by atoms with E-state index in [-0.39, 0.29) is 30.5 Å². The molecule has 9 atom stereocenters. The number of aliphatic hydroxyl groups is 3. The minimum absolute atomic E-state index is 0.0783. The molecule has 7 heteroatoms. The average Bonchev–Trinajstić information content (AvgIpc) is 3.21. The third-order valence-electron chi connectivity index (χ3n) is 11.4. The Kier molecular flexibility index (Phi) is 4.83. The number of ether oxygens (including phenoxy) is 1. The molecule has 5 rings (SSSR count). The van der Waals surface area contributed by atoms with Crippen LogP contribution in [0.3, 0.4) is 0 Å². The minimum Gasteiger partial charge on any atom is -0.459 e. The van der Waals surface area contributed by atoms with E-state index in [4.69, 9.17) is 4.74 Å². The molecule has 7 nitrogen and oxygen atoms in total. The summed E-state index contributed by atoms with van der Waals surface area (Å²) in [5.41, 5.74) is -3.78. The molecule has 3 fully saturated rings. The zero-order chi connectivity index (χ0) is 25.2. The Labute approximate surface area is 200 Å². The van der Waals surface area contributed by atoms with E-state index in [1.807, 2.05) is 20.8 Å². The van der Waals surface area contributed by atoms with Gasteiger partial charge in [-0.05, 0) is 61.9 Å². The van der Waals surface area contributed by atoms with Crippen LogP contribution in [0.1, 0.15) is 80.1 Å². The van der Waals surface area contributed by atoms with E-state index >= 15 is 0 Å². The number of ketones is 2. The van der Waals surface area contributed by atoms with Crippen molar-refractivity contribution < 1.29 is 34.4 Å². The number of carbonyl (C=O) groups excluding carboxylic acids is 3. The molecular formula is C27H38O7. The fourth-order valence-electron chi connectivity index (χ4n) is 9.08. The molecule has 0 spiro atoms. The van der Waals surface area contributed by atoms with Gasteiger partial charge in [0.05, 0.1) is 17.6 Å². The predicted octanol–water partition coefficient (Wildman–Crippen LogP) is 2.49. The van der Waals surface area contributed by atoms with E-state index in [9.17, 15) is 29.7 Å². The van der Waals surface area contributed by atoms with Crippen molar-refractivity contribution in [3.63, 3.8) is 0 Å². The van der Waals surface area contributed by atoms with Crippen LogP contribution in [0.4, 0.5) is 0 Å². The third-order valence-corrected chi connectivity index (χ3v) is 11.4. The van der Waals surface area contributed by atoms with Crippen LogP contribution in [0.5, 0.6) is 0 Å². The quantitative estimate of drug-likeness (QED) is 0.499. The van der Waals surface area contributed by atoms with Gasteiger partial charge >= 0.3 is 5.97 Å². The summed E-state index contributed by atoms with van der Waals surface area (Å²) < 4.78 is 5.71. The first-order valence-corrected chi connectivity index (χ1v) is 12.7. The molecule has 0 aromatic heterocycles. The monoisotopic (exact) mass is 474 g/mol. The van der Waals surface area contributed by atoms with Crippen LogP contribution in [-0.4, -0.2) is 56.8 Å². The highest BCUT2D eigenvalue weighted by Gasteiger charge is 2.75. The van der Waals surface area contributed by atoms with Gasteiger partial charge < -0.3 is 20.1 Å². The van der Waals surface area contributed by atoms with Crippen molar-refractivity contribution in [1.29, 1.82) is 0 Å². The van der Waals surface area contributed by atoms with Gasteiger partial charge in [-0.3, -0.25) is 14.4 Å².